The van der Waals surface area contributed by atoms with Gasteiger partial charge in [-0.05, 0) is 6.07 Å². The molecule has 1 saturated heterocycles. The minimum Gasteiger partial charge on any atom is -0.347 e. The van der Waals surface area contributed by atoms with Gasteiger partial charge in [-0.15, -0.1) is 0 Å². The summed E-state index contributed by atoms with van der Waals surface area (Å²) in [7, 11) is 0. The van der Waals surface area contributed by atoms with Crippen molar-refractivity contribution in [3.63, 3.8) is 0 Å². The normalized spacial score (nSPS) is 23.2. The molecule has 3 aromatic rings. The molecular weight excluding hydrogens is 334 g/mol. The number of hydrogen-bond acceptors (Lipinski definition) is 6. The quantitative estimate of drug-likeness (QED) is 0.687. The van der Waals surface area contributed by atoms with Crippen molar-refractivity contribution in [2.75, 3.05) is 6.61 Å². The largest absolute Gasteiger partial charge is 0.347 e. The SMILES string of the molecule is Fc1ccc([C@@]2(Cn3cncn3)CO[C@H](Cn3cncn3)O2)c(F)c1. The summed E-state index contributed by atoms with van der Waals surface area (Å²) in [5.41, 5.74) is -0.956. The van der Waals surface area contributed by atoms with E-state index in [9.17, 15) is 8.78 Å². The first-order valence-electron chi connectivity index (χ1n) is 7.54. The molecule has 25 heavy (non-hydrogen) atoms. The lowest BCUT2D eigenvalue weighted by molar-refractivity contribution is -0.108. The van der Waals surface area contributed by atoms with E-state index in [0.717, 1.165) is 6.07 Å². The number of rotatable bonds is 5. The van der Waals surface area contributed by atoms with Crippen LogP contribution in [-0.4, -0.2) is 42.4 Å². The van der Waals surface area contributed by atoms with Gasteiger partial charge in [-0.25, -0.2) is 28.1 Å². The van der Waals surface area contributed by atoms with Gasteiger partial charge in [0.25, 0.3) is 0 Å². The summed E-state index contributed by atoms with van der Waals surface area (Å²) in [4.78, 5) is 7.74. The topological polar surface area (TPSA) is 79.9 Å². The molecule has 0 unspecified atom stereocenters. The van der Waals surface area contributed by atoms with E-state index < -0.39 is 23.5 Å². The van der Waals surface area contributed by atoms with Gasteiger partial charge in [-0.2, -0.15) is 10.2 Å². The molecule has 2 aromatic heterocycles. The van der Waals surface area contributed by atoms with Gasteiger partial charge in [-0.3, -0.25) is 0 Å². The minimum absolute atomic E-state index is 0.0782. The Labute approximate surface area is 141 Å². The number of halogens is 2. The van der Waals surface area contributed by atoms with Crippen LogP contribution in [0.4, 0.5) is 8.78 Å². The van der Waals surface area contributed by atoms with Gasteiger partial charge in [0.1, 0.15) is 42.5 Å². The highest BCUT2D eigenvalue weighted by molar-refractivity contribution is 5.26. The Bertz CT molecular complexity index is 842. The molecule has 0 radical (unpaired) electrons. The number of ether oxygens (including phenoxy) is 2. The van der Waals surface area contributed by atoms with E-state index in [1.807, 2.05) is 0 Å². The lowest BCUT2D eigenvalue weighted by Gasteiger charge is -2.28. The van der Waals surface area contributed by atoms with Crippen LogP contribution in [0.1, 0.15) is 5.56 Å². The summed E-state index contributed by atoms with van der Waals surface area (Å²) in [5.74, 6) is -1.36. The molecule has 1 fully saturated rings. The summed E-state index contributed by atoms with van der Waals surface area (Å²) in [5, 5.41) is 8.04. The fraction of sp³-hybridized carbons (Fsp3) is 0.333. The van der Waals surface area contributed by atoms with E-state index in [1.165, 1.54) is 42.1 Å². The zero-order valence-electron chi connectivity index (χ0n) is 13.0. The molecule has 0 aliphatic carbocycles. The van der Waals surface area contributed by atoms with Crippen molar-refractivity contribution in [3.05, 3.63) is 60.7 Å². The van der Waals surface area contributed by atoms with Crippen molar-refractivity contribution in [1.29, 1.82) is 0 Å². The van der Waals surface area contributed by atoms with Crippen molar-refractivity contribution in [2.24, 2.45) is 0 Å². The van der Waals surface area contributed by atoms with Gasteiger partial charge in [0.2, 0.25) is 0 Å². The Hall–Kier alpha value is -2.72. The molecule has 0 bridgehead atoms. The molecule has 8 nitrogen and oxygen atoms in total. The maximum absolute atomic E-state index is 14.4. The third-order valence-corrected chi connectivity index (χ3v) is 3.97. The van der Waals surface area contributed by atoms with Crippen LogP contribution in [0.15, 0.2) is 43.5 Å². The number of nitrogens with zero attached hydrogens (tertiary/aromatic N) is 6. The van der Waals surface area contributed by atoms with Crippen molar-refractivity contribution in [1.82, 2.24) is 29.5 Å². The Morgan fingerprint density at radius 1 is 1.12 bits per heavy atom. The number of aromatic nitrogens is 6. The predicted octanol–water partition coefficient (Wildman–Crippen LogP) is 1.12. The molecule has 0 amide bonds. The molecule has 1 aromatic carbocycles. The molecule has 0 spiro atoms. The van der Waals surface area contributed by atoms with Crippen molar-refractivity contribution in [2.45, 2.75) is 25.0 Å². The summed E-state index contributed by atoms with van der Waals surface area (Å²) in [6, 6.07) is 3.38. The van der Waals surface area contributed by atoms with Crippen molar-refractivity contribution in [3.8, 4) is 0 Å². The second-order valence-electron chi connectivity index (χ2n) is 5.69. The first kappa shape index (κ1) is 15.8. The van der Waals surface area contributed by atoms with Gasteiger partial charge < -0.3 is 9.47 Å². The van der Waals surface area contributed by atoms with E-state index in [4.69, 9.17) is 9.47 Å². The van der Waals surface area contributed by atoms with E-state index >= 15 is 0 Å². The van der Waals surface area contributed by atoms with Gasteiger partial charge in [0.15, 0.2) is 6.29 Å². The third kappa shape index (κ3) is 3.13. The van der Waals surface area contributed by atoms with Crippen LogP contribution in [-0.2, 0) is 28.2 Å². The van der Waals surface area contributed by atoms with Crippen LogP contribution in [0.2, 0.25) is 0 Å². The summed E-state index contributed by atoms with van der Waals surface area (Å²) >= 11 is 0. The highest BCUT2D eigenvalue weighted by Crippen LogP contribution is 2.37. The Kier molecular flexibility index (Phi) is 3.98. The van der Waals surface area contributed by atoms with Gasteiger partial charge in [0, 0.05) is 11.6 Å². The van der Waals surface area contributed by atoms with Gasteiger partial charge in [0.05, 0.1) is 19.7 Å². The Morgan fingerprint density at radius 3 is 2.56 bits per heavy atom. The lowest BCUT2D eigenvalue weighted by Crippen LogP contribution is -2.36. The fourth-order valence-corrected chi connectivity index (χ4v) is 2.86. The van der Waals surface area contributed by atoms with E-state index in [1.54, 1.807) is 4.68 Å². The highest BCUT2D eigenvalue weighted by atomic mass is 19.1. The summed E-state index contributed by atoms with van der Waals surface area (Å²) < 4.78 is 42.5. The molecule has 130 valence electrons. The van der Waals surface area contributed by atoms with Crippen LogP contribution < -0.4 is 0 Å². The van der Waals surface area contributed by atoms with E-state index in [0.29, 0.717) is 6.54 Å². The van der Waals surface area contributed by atoms with Crippen LogP contribution in [0.3, 0.4) is 0 Å². The molecule has 3 heterocycles. The monoisotopic (exact) mass is 348 g/mol. The highest BCUT2D eigenvalue weighted by Gasteiger charge is 2.45. The second-order valence-corrected chi connectivity index (χ2v) is 5.69. The van der Waals surface area contributed by atoms with Crippen molar-refractivity contribution < 1.29 is 18.3 Å². The molecular formula is C15H14F2N6O2. The number of hydrogen-bond donors (Lipinski definition) is 0. The lowest BCUT2D eigenvalue weighted by atomic mass is 9.94. The van der Waals surface area contributed by atoms with Crippen LogP contribution in [0.25, 0.3) is 0 Å². The molecule has 1 aliphatic rings. The van der Waals surface area contributed by atoms with Gasteiger partial charge in [-0.1, -0.05) is 6.07 Å². The minimum atomic E-state index is -1.16. The molecule has 0 saturated carbocycles. The maximum atomic E-state index is 14.4. The second kappa shape index (κ2) is 6.30. The zero-order valence-corrected chi connectivity index (χ0v) is 13.0. The standard InChI is InChI=1S/C15H14F2N6O2/c16-11-1-2-12(13(17)3-11)15(5-23-10-19-8-21-23)6-24-14(25-15)4-22-9-18-7-20-22/h1-3,7-10,14H,4-6H2/t14-,15+/m0/s1. The summed E-state index contributed by atoms with van der Waals surface area (Å²) in [6.45, 7) is 0.542. The zero-order chi connectivity index (χ0) is 17.3. The maximum Gasteiger partial charge on any atom is 0.178 e. The number of benzene rings is 1. The average molecular weight is 348 g/mol. The average Bonchev–Trinajstić information content (AvgIpc) is 3.31. The van der Waals surface area contributed by atoms with E-state index in [2.05, 4.69) is 20.2 Å². The molecule has 2 atom stereocenters. The Balaban J connectivity index is 1.65. The Morgan fingerprint density at radius 2 is 1.88 bits per heavy atom. The molecule has 1 aliphatic heterocycles. The summed E-state index contributed by atoms with van der Waals surface area (Å²) in [6.07, 6.45) is 5.14. The molecule has 4 rings (SSSR count). The van der Waals surface area contributed by atoms with E-state index in [-0.39, 0.29) is 18.7 Å². The predicted molar refractivity (Wildman–Crippen MR) is 78.9 cm³/mol. The first-order chi connectivity index (χ1) is 12.1. The third-order valence-electron chi connectivity index (χ3n) is 3.97. The first-order valence-corrected chi connectivity index (χ1v) is 7.54. The van der Waals surface area contributed by atoms with Gasteiger partial charge >= 0.3 is 0 Å². The van der Waals surface area contributed by atoms with Crippen LogP contribution >= 0.6 is 0 Å². The molecule has 0 N–H and O–H groups in total. The van der Waals surface area contributed by atoms with Crippen LogP contribution in [0, 0.1) is 11.6 Å². The van der Waals surface area contributed by atoms with Crippen molar-refractivity contribution >= 4 is 0 Å². The smallest absolute Gasteiger partial charge is 0.178 e. The van der Waals surface area contributed by atoms with Crippen LogP contribution in [0.5, 0.6) is 0 Å². The fourth-order valence-electron chi connectivity index (χ4n) is 2.86. The molecule has 10 heteroatoms.